The van der Waals surface area contributed by atoms with Gasteiger partial charge in [0.1, 0.15) is 0 Å². The highest BCUT2D eigenvalue weighted by atomic mass is 35.5. The predicted molar refractivity (Wildman–Crippen MR) is 67.3 cm³/mol. The maximum Gasteiger partial charge on any atom is 0.0621 e. The normalized spacial score (nSPS) is 12.1. The summed E-state index contributed by atoms with van der Waals surface area (Å²) in [6.07, 6.45) is 2.65. The number of nitriles is 1. The van der Waals surface area contributed by atoms with Crippen LogP contribution in [0.1, 0.15) is 37.8 Å². The summed E-state index contributed by atoms with van der Waals surface area (Å²) in [5.41, 5.74) is 1.20. The Morgan fingerprint density at radius 3 is 2.94 bits per heavy atom. The monoisotopic (exact) mass is 236 g/mol. The zero-order chi connectivity index (χ0) is 11.8. The van der Waals surface area contributed by atoms with E-state index in [0.29, 0.717) is 12.5 Å². The second-order valence-electron chi connectivity index (χ2n) is 3.85. The summed E-state index contributed by atoms with van der Waals surface area (Å²) in [5.74, 6) is 0. The summed E-state index contributed by atoms with van der Waals surface area (Å²) in [6, 6.07) is 10.3. The van der Waals surface area contributed by atoms with Crippen molar-refractivity contribution in [3.8, 4) is 6.07 Å². The Kier molecular flexibility index (Phi) is 5.92. The summed E-state index contributed by atoms with van der Waals surface area (Å²) in [5, 5.41) is 12.6. The number of nitrogens with one attached hydrogen (secondary N) is 1. The Morgan fingerprint density at radius 2 is 2.25 bits per heavy atom. The van der Waals surface area contributed by atoms with Crippen LogP contribution in [-0.2, 0) is 0 Å². The van der Waals surface area contributed by atoms with Crippen molar-refractivity contribution < 1.29 is 0 Å². The van der Waals surface area contributed by atoms with E-state index in [0.717, 1.165) is 24.4 Å². The molecular formula is C13H17ClN2. The Bertz CT molecular complexity index is 357. The van der Waals surface area contributed by atoms with Crippen molar-refractivity contribution >= 4 is 11.6 Å². The molecule has 1 aromatic rings. The average Bonchev–Trinajstić information content (AvgIpc) is 2.28. The fourth-order valence-electron chi connectivity index (χ4n) is 1.54. The maximum atomic E-state index is 8.40. The first kappa shape index (κ1) is 13.0. The van der Waals surface area contributed by atoms with Crippen LogP contribution in [0.5, 0.6) is 0 Å². The van der Waals surface area contributed by atoms with E-state index in [-0.39, 0.29) is 0 Å². The molecule has 0 fully saturated rings. The molecule has 0 amide bonds. The van der Waals surface area contributed by atoms with Crippen molar-refractivity contribution in [3.05, 3.63) is 34.9 Å². The third-order valence-corrected chi connectivity index (χ3v) is 2.75. The molecule has 1 atom stereocenters. The lowest BCUT2D eigenvalue weighted by atomic mass is 10.1. The van der Waals surface area contributed by atoms with Gasteiger partial charge < -0.3 is 5.32 Å². The number of rotatable bonds is 6. The van der Waals surface area contributed by atoms with E-state index >= 15 is 0 Å². The van der Waals surface area contributed by atoms with Crippen molar-refractivity contribution in [2.45, 2.75) is 32.2 Å². The highest BCUT2D eigenvalue weighted by Gasteiger charge is 2.03. The lowest BCUT2D eigenvalue weighted by Crippen LogP contribution is -2.19. The van der Waals surface area contributed by atoms with Crippen molar-refractivity contribution in [2.75, 3.05) is 6.54 Å². The fourth-order valence-corrected chi connectivity index (χ4v) is 1.74. The van der Waals surface area contributed by atoms with E-state index in [1.807, 2.05) is 18.2 Å². The molecule has 16 heavy (non-hydrogen) atoms. The molecule has 0 bridgehead atoms. The second-order valence-corrected chi connectivity index (χ2v) is 4.28. The first-order valence-corrected chi connectivity index (χ1v) is 5.97. The minimum atomic E-state index is 0.306. The highest BCUT2D eigenvalue weighted by Crippen LogP contribution is 2.17. The van der Waals surface area contributed by atoms with Gasteiger partial charge in [-0.2, -0.15) is 5.26 Å². The van der Waals surface area contributed by atoms with Crippen LogP contribution in [0.15, 0.2) is 24.3 Å². The van der Waals surface area contributed by atoms with Crippen molar-refractivity contribution in [1.82, 2.24) is 5.32 Å². The zero-order valence-corrected chi connectivity index (χ0v) is 10.3. The van der Waals surface area contributed by atoms with Crippen LogP contribution < -0.4 is 5.32 Å². The quantitative estimate of drug-likeness (QED) is 0.765. The number of unbranched alkanes of at least 4 members (excludes halogenated alkanes) is 2. The number of hydrogen-bond donors (Lipinski definition) is 1. The summed E-state index contributed by atoms with van der Waals surface area (Å²) in [4.78, 5) is 0. The lowest BCUT2D eigenvalue weighted by molar-refractivity contribution is 0.549. The summed E-state index contributed by atoms with van der Waals surface area (Å²) >= 11 is 5.93. The topological polar surface area (TPSA) is 35.8 Å². The molecule has 0 radical (unpaired) electrons. The molecule has 0 aliphatic rings. The van der Waals surface area contributed by atoms with E-state index in [1.54, 1.807) is 0 Å². The lowest BCUT2D eigenvalue weighted by Gasteiger charge is -2.14. The molecule has 0 unspecified atom stereocenters. The van der Waals surface area contributed by atoms with E-state index in [9.17, 15) is 0 Å². The van der Waals surface area contributed by atoms with Crippen LogP contribution in [0.3, 0.4) is 0 Å². The molecule has 1 N–H and O–H groups in total. The van der Waals surface area contributed by atoms with Gasteiger partial charge in [-0.25, -0.2) is 0 Å². The van der Waals surface area contributed by atoms with Crippen molar-refractivity contribution in [3.63, 3.8) is 0 Å². The van der Waals surface area contributed by atoms with Gasteiger partial charge in [0.05, 0.1) is 6.07 Å². The van der Waals surface area contributed by atoms with Crippen LogP contribution in [0.25, 0.3) is 0 Å². The van der Waals surface area contributed by atoms with Gasteiger partial charge in [-0.15, -0.1) is 0 Å². The van der Waals surface area contributed by atoms with Crippen molar-refractivity contribution in [1.29, 1.82) is 5.26 Å². The van der Waals surface area contributed by atoms with Gasteiger partial charge in [-0.1, -0.05) is 23.7 Å². The maximum absolute atomic E-state index is 8.40. The van der Waals surface area contributed by atoms with E-state index in [2.05, 4.69) is 24.4 Å². The smallest absolute Gasteiger partial charge is 0.0621 e. The minimum absolute atomic E-state index is 0.306. The van der Waals surface area contributed by atoms with Gasteiger partial charge in [0.15, 0.2) is 0 Å². The molecule has 0 spiro atoms. The van der Waals surface area contributed by atoms with Crippen LogP contribution in [-0.4, -0.2) is 6.54 Å². The first-order valence-electron chi connectivity index (χ1n) is 5.60. The van der Waals surface area contributed by atoms with Crippen LogP contribution in [0, 0.1) is 11.3 Å². The third-order valence-electron chi connectivity index (χ3n) is 2.51. The summed E-state index contributed by atoms with van der Waals surface area (Å²) < 4.78 is 0. The molecule has 0 aliphatic heterocycles. The molecule has 1 aromatic carbocycles. The molecule has 2 nitrogen and oxygen atoms in total. The van der Waals surface area contributed by atoms with E-state index in [4.69, 9.17) is 16.9 Å². The highest BCUT2D eigenvalue weighted by molar-refractivity contribution is 6.30. The Morgan fingerprint density at radius 1 is 1.44 bits per heavy atom. The third kappa shape index (κ3) is 4.65. The summed E-state index contributed by atoms with van der Waals surface area (Å²) in [7, 11) is 0. The first-order chi connectivity index (χ1) is 7.74. The minimum Gasteiger partial charge on any atom is -0.310 e. The Balaban J connectivity index is 2.30. The molecule has 0 saturated carbocycles. The van der Waals surface area contributed by atoms with Crippen LogP contribution >= 0.6 is 11.6 Å². The van der Waals surface area contributed by atoms with Gasteiger partial charge in [0.25, 0.3) is 0 Å². The molecule has 1 rings (SSSR count). The van der Waals surface area contributed by atoms with Gasteiger partial charge >= 0.3 is 0 Å². The molecule has 0 heterocycles. The Hall–Kier alpha value is -1.04. The van der Waals surface area contributed by atoms with Crippen LogP contribution in [0.2, 0.25) is 5.02 Å². The number of halogens is 1. The molecule has 3 heteroatoms. The number of benzene rings is 1. The van der Waals surface area contributed by atoms with Gasteiger partial charge in [-0.05, 0) is 44.0 Å². The van der Waals surface area contributed by atoms with Gasteiger partial charge in [-0.3, -0.25) is 0 Å². The van der Waals surface area contributed by atoms with E-state index < -0.39 is 0 Å². The molecule has 86 valence electrons. The van der Waals surface area contributed by atoms with E-state index in [1.165, 1.54) is 5.56 Å². The molecular weight excluding hydrogens is 220 g/mol. The standard InChI is InChI=1S/C13H17ClN2/c1-11(16-9-4-2-3-8-15)12-6-5-7-13(14)10-12/h5-7,10-11,16H,2-4,9H2,1H3/t11-/m1/s1. The van der Waals surface area contributed by atoms with Gasteiger partial charge in [0.2, 0.25) is 0 Å². The van der Waals surface area contributed by atoms with Crippen molar-refractivity contribution in [2.24, 2.45) is 0 Å². The van der Waals surface area contributed by atoms with Gasteiger partial charge in [0, 0.05) is 17.5 Å². The SMILES string of the molecule is C[C@@H](NCCCCC#N)c1cccc(Cl)c1. The summed E-state index contributed by atoms with van der Waals surface area (Å²) in [6.45, 7) is 3.06. The number of hydrogen-bond acceptors (Lipinski definition) is 2. The second kappa shape index (κ2) is 7.27. The molecule has 0 saturated heterocycles. The molecule has 0 aromatic heterocycles. The average molecular weight is 237 g/mol. The zero-order valence-electron chi connectivity index (χ0n) is 9.54. The number of nitrogens with zero attached hydrogens (tertiary/aromatic N) is 1. The van der Waals surface area contributed by atoms with Crippen LogP contribution in [0.4, 0.5) is 0 Å². The molecule has 0 aliphatic carbocycles. The fraction of sp³-hybridized carbons (Fsp3) is 0.462. The Labute approximate surface area is 102 Å². The predicted octanol–water partition coefficient (Wildman–Crippen LogP) is 3.68. The largest absolute Gasteiger partial charge is 0.310 e.